The number of hydrogen-bond acceptors (Lipinski definition) is 5. The Morgan fingerprint density at radius 3 is 2.50 bits per heavy atom. The van der Waals surface area contributed by atoms with Crippen LogP contribution in [0.1, 0.15) is 60.1 Å². The van der Waals surface area contributed by atoms with E-state index in [9.17, 15) is 4.79 Å². The van der Waals surface area contributed by atoms with Crippen molar-refractivity contribution in [1.29, 1.82) is 0 Å². The van der Waals surface area contributed by atoms with Crippen LogP contribution in [0, 0.1) is 5.92 Å². The van der Waals surface area contributed by atoms with Crippen LogP contribution in [0.25, 0.3) is 11.0 Å². The molecule has 3 aromatic rings. The van der Waals surface area contributed by atoms with Gasteiger partial charge in [-0.05, 0) is 44.1 Å². The third kappa shape index (κ3) is 4.02. The SMILES string of the molecule is O=C(c1c2n(c3c(N4CCN(CCc5ccccc5)CC4)ncnc13)CCCC2)C1CCCC1. The van der Waals surface area contributed by atoms with E-state index in [1.807, 2.05) is 0 Å². The minimum atomic E-state index is 0.184. The molecule has 1 aromatic carbocycles. The predicted octanol–water partition coefficient (Wildman–Crippen LogP) is 4.51. The molecule has 1 aliphatic carbocycles. The number of piperazine rings is 1. The van der Waals surface area contributed by atoms with Gasteiger partial charge in [0.25, 0.3) is 0 Å². The van der Waals surface area contributed by atoms with Gasteiger partial charge in [0.2, 0.25) is 0 Å². The highest BCUT2D eigenvalue weighted by molar-refractivity contribution is 6.11. The number of fused-ring (bicyclic) bond motifs is 3. The molecule has 0 spiro atoms. The molecule has 2 fully saturated rings. The molecule has 6 rings (SSSR count). The van der Waals surface area contributed by atoms with E-state index in [-0.39, 0.29) is 5.92 Å². The maximum absolute atomic E-state index is 13.6. The van der Waals surface area contributed by atoms with Crippen molar-refractivity contribution >= 4 is 22.6 Å². The summed E-state index contributed by atoms with van der Waals surface area (Å²) >= 11 is 0. The van der Waals surface area contributed by atoms with Gasteiger partial charge in [-0.2, -0.15) is 0 Å². The first-order chi connectivity index (χ1) is 16.8. The van der Waals surface area contributed by atoms with Crippen molar-refractivity contribution in [3.63, 3.8) is 0 Å². The number of carbonyl (C=O) groups excluding carboxylic acids is 1. The lowest BCUT2D eigenvalue weighted by Crippen LogP contribution is -2.47. The van der Waals surface area contributed by atoms with Crippen molar-refractivity contribution < 1.29 is 4.79 Å². The van der Waals surface area contributed by atoms with Crippen LogP contribution in [-0.4, -0.2) is 57.9 Å². The highest BCUT2D eigenvalue weighted by Crippen LogP contribution is 2.38. The van der Waals surface area contributed by atoms with E-state index in [2.05, 4.69) is 44.7 Å². The van der Waals surface area contributed by atoms with Gasteiger partial charge in [-0.3, -0.25) is 9.69 Å². The van der Waals surface area contributed by atoms with Gasteiger partial charge >= 0.3 is 0 Å². The van der Waals surface area contributed by atoms with Crippen LogP contribution < -0.4 is 4.90 Å². The Morgan fingerprint density at radius 2 is 1.71 bits per heavy atom. The van der Waals surface area contributed by atoms with Gasteiger partial charge in [0, 0.05) is 50.9 Å². The second kappa shape index (κ2) is 9.49. The molecule has 0 bridgehead atoms. The number of Topliss-reactive ketones (excluding diaryl/α,β-unsaturated/α-hetero) is 1. The van der Waals surface area contributed by atoms with Crippen LogP contribution in [0.5, 0.6) is 0 Å². The Balaban J connectivity index is 1.25. The summed E-state index contributed by atoms with van der Waals surface area (Å²) < 4.78 is 2.40. The van der Waals surface area contributed by atoms with Crippen LogP contribution in [0.15, 0.2) is 36.7 Å². The summed E-state index contributed by atoms with van der Waals surface area (Å²) in [7, 11) is 0. The first-order valence-electron chi connectivity index (χ1n) is 13.2. The standard InChI is InChI=1S/C28H35N5O/c34-27(22-10-4-5-11-22)24-23-12-6-7-14-33(23)26-25(24)29-20-30-28(26)32-18-16-31(17-19-32)15-13-21-8-2-1-3-9-21/h1-3,8-9,20,22H,4-7,10-19H2. The molecule has 0 atom stereocenters. The molecule has 6 heteroatoms. The predicted molar refractivity (Wildman–Crippen MR) is 136 cm³/mol. The molecule has 0 unspecified atom stereocenters. The summed E-state index contributed by atoms with van der Waals surface area (Å²) in [6.07, 6.45) is 10.5. The third-order valence-electron chi connectivity index (χ3n) is 8.17. The van der Waals surface area contributed by atoms with Crippen molar-refractivity contribution in [2.45, 2.75) is 57.9 Å². The minimum Gasteiger partial charge on any atom is -0.352 e. The summed E-state index contributed by atoms with van der Waals surface area (Å²) in [6.45, 7) is 6.08. The summed E-state index contributed by atoms with van der Waals surface area (Å²) in [5.41, 5.74) is 5.57. The molecule has 2 aliphatic heterocycles. The van der Waals surface area contributed by atoms with Crippen molar-refractivity contribution in [2.24, 2.45) is 5.92 Å². The fourth-order valence-corrected chi connectivity index (χ4v) is 6.27. The van der Waals surface area contributed by atoms with E-state index in [0.717, 1.165) is 100 Å². The normalized spacial score (nSPS) is 19.6. The Hall–Kier alpha value is -2.73. The molecule has 4 heterocycles. The number of anilines is 1. The zero-order valence-electron chi connectivity index (χ0n) is 20.1. The van der Waals surface area contributed by atoms with Crippen LogP contribution in [-0.2, 0) is 19.4 Å². The first-order valence-corrected chi connectivity index (χ1v) is 13.2. The zero-order chi connectivity index (χ0) is 22.9. The van der Waals surface area contributed by atoms with Crippen molar-refractivity contribution in [2.75, 3.05) is 37.6 Å². The van der Waals surface area contributed by atoms with E-state index < -0.39 is 0 Å². The molecule has 3 aliphatic rings. The number of carbonyl (C=O) groups is 1. The lowest BCUT2D eigenvalue weighted by Gasteiger charge is -2.35. The van der Waals surface area contributed by atoms with Gasteiger partial charge in [0.05, 0.1) is 5.56 Å². The highest BCUT2D eigenvalue weighted by atomic mass is 16.1. The van der Waals surface area contributed by atoms with Crippen LogP contribution in [0.3, 0.4) is 0 Å². The van der Waals surface area contributed by atoms with Crippen LogP contribution in [0.2, 0.25) is 0 Å². The molecule has 1 saturated heterocycles. The van der Waals surface area contributed by atoms with E-state index in [0.29, 0.717) is 5.78 Å². The summed E-state index contributed by atoms with van der Waals surface area (Å²) in [5.74, 6) is 1.55. The third-order valence-corrected chi connectivity index (χ3v) is 8.17. The van der Waals surface area contributed by atoms with Gasteiger partial charge in [-0.25, -0.2) is 9.97 Å². The fourth-order valence-electron chi connectivity index (χ4n) is 6.27. The van der Waals surface area contributed by atoms with Crippen molar-refractivity contribution in [3.8, 4) is 0 Å². The molecule has 1 saturated carbocycles. The molecule has 0 radical (unpaired) electrons. The van der Waals surface area contributed by atoms with Crippen LogP contribution >= 0.6 is 0 Å². The Kier molecular flexibility index (Phi) is 6.08. The molecule has 0 amide bonds. The number of aryl methyl sites for hydroxylation is 1. The summed E-state index contributed by atoms with van der Waals surface area (Å²) in [4.78, 5) is 28.1. The van der Waals surface area contributed by atoms with E-state index in [1.165, 1.54) is 24.1 Å². The maximum Gasteiger partial charge on any atom is 0.169 e. The average Bonchev–Trinajstić information content (AvgIpc) is 3.55. The second-order valence-corrected chi connectivity index (χ2v) is 10.2. The topological polar surface area (TPSA) is 54.3 Å². The molecule has 178 valence electrons. The number of nitrogens with zero attached hydrogens (tertiary/aromatic N) is 5. The monoisotopic (exact) mass is 457 g/mol. The highest BCUT2D eigenvalue weighted by Gasteiger charge is 2.33. The number of ketones is 1. The molecule has 6 nitrogen and oxygen atoms in total. The van der Waals surface area contributed by atoms with Crippen LogP contribution in [0.4, 0.5) is 5.82 Å². The largest absolute Gasteiger partial charge is 0.352 e. The van der Waals surface area contributed by atoms with E-state index in [4.69, 9.17) is 9.97 Å². The molecule has 2 aromatic heterocycles. The van der Waals surface area contributed by atoms with E-state index >= 15 is 0 Å². The zero-order valence-corrected chi connectivity index (χ0v) is 20.1. The maximum atomic E-state index is 13.6. The summed E-state index contributed by atoms with van der Waals surface area (Å²) in [5, 5.41) is 0. The summed E-state index contributed by atoms with van der Waals surface area (Å²) in [6, 6.07) is 10.8. The van der Waals surface area contributed by atoms with Gasteiger partial charge in [-0.15, -0.1) is 0 Å². The van der Waals surface area contributed by atoms with Gasteiger partial charge in [0.1, 0.15) is 17.4 Å². The number of rotatable bonds is 6. The lowest BCUT2D eigenvalue weighted by molar-refractivity contribution is 0.0923. The fraction of sp³-hybridized carbons (Fsp3) is 0.536. The average molecular weight is 458 g/mol. The van der Waals surface area contributed by atoms with E-state index in [1.54, 1.807) is 6.33 Å². The Morgan fingerprint density at radius 1 is 0.912 bits per heavy atom. The van der Waals surface area contributed by atoms with Crippen molar-refractivity contribution in [1.82, 2.24) is 19.4 Å². The molecular formula is C28H35N5O. The van der Waals surface area contributed by atoms with Crippen molar-refractivity contribution in [3.05, 3.63) is 53.5 Å². The quantitative estimate of drug-likeness (QED) is 0.510. The number of aromatic nitrogens is 3. The Labute approximate surface area is 202 Å². The number of benzene rings is 1. The van der Waals surface area contributed by atoms with Gasteiger partial charge in [0.15, 0.2) is 11.6 Å². The molecule has 0 N–H and O–H groups in total. The lowest BCUT2D eigenvalue weighted by atomic mass is 9.93. The second-order valence-electron chi connectivity index (χ2n) is 10.2. The Bertz CT molecular complexity index is 1160. The minimum absolute atomic E-state index is 0.184. The number of hydrogen-bond donors (Lipinski definition) is 0. The van der Waals surface area contributed by atoms with Gasteiger partial charge < -0.3 is 9.47 Å². The molecular weight excluding hydrogens is 422 g/mol. The van der Waals surface area contributed by atoms with Gasteiger partial charge in [-0.1, -0.05) is 43.2 Å². The first kappa shape index (κ1) is 21.8. The smallest absolute Gasteiger partial charge is 0.169 e. The molecule has 34 heavy (non-hydrogen) atoms.